The fraction of sp³-hybridized carbons (Fsp3) is 0.712. The molecule has 0 rings (SSSR count). The van der Waals surface area contributed by atoms with Crippen LogP contribution in [0.1, 0.15) is 316 Å². The van der Waals surface area contributed by atoms with Crippen LogP contribution in [0.25, 0.3) is 0 Å². The zero-order valence-electron chi connectivity index (χ0n) is 51.9. The lowest BCUT2D eigenvalue weighted by Gasteiger charge is -2.18. The third kappa shape index (κ3) is 64.8. The molecule has 0 aromatic heterocycles. The SMILES string of the molecule is CC/C=C\C/C=C\C/C=C\C/C=C\C/C=C\C/C=C\C/C=C\CCCC(=O)OC(COC(=O)CCCCCCC/C=C\CCCC)COC(=O)CCCCCCCCCCCCCCCCC/C=C\CCCCCCCCCC. The highest BCUT2D eigenvalue weighted by Crippen LogP contribution is 2.16. The number of hydrogen-bond donors (Lipinski definition) is 0. The Morgan fingerprint density at radius 3 is 0.861 bits per heavy atom. The number of ether oxygens (including phenoxy) is 3. The third-order valence-corrected chi connectivity index (χ3v) is 14.2. The highest BCUT2D eigenvalue weighted by atomic mass is 16.6. The Balaban J connectivity index is 4.32. The first-order valence-corrected chi connectivity index (χ1v) is 33.4. The van der Waals surface area contributed by atoms with Crippen molar-refractivity contribution < 1.29 is 28.6 Å². The van der Waals surface area contributed by atoms with Gasteiger partial charge >= 0.3 is 17.9 Å². The standard InChI is InChI=1S/C73H124O6/c1-4-7-10-13-16-19-22-24-26-28-30-32-34-35-36-37-39-40-42-44-46-48-51-54-57-60-63-66-72(75)78-69-70(68-77-71(74)65-62-59-56-53-50-21-18-15-12-9-6-3)79-73(76)67-64-61-58-55-52-49-47-45-43-41-38-33-31-29-27-25-23-20-17-14-11-8-5-2/h8,11,15,17-18,20,25,27-28,30-31,33,41,43,47,49,55,58,70H,4-7,9-10,12-14,16,19,21-24,26,29,32,34-40,42,44-46,48,50-54,56-57,59-69H2,1-3H3/b11-8-,18-15-,20-17-,27-25-,30-28-,33-31-,43-41-,49-47-,58-55-. The van der Waals surface area contributed by atoms with Crippen LogP contribution in [0.5, 0.6) is 0 Å². The van der Waals surface area contributed by atoms with E-state index in [4.69, 9.17) is 14.2 Å². The van der Waals surface area contributed by atoms with E-state index in [-0.39, 0.29) is 37.5 Å². The summed E-state index contributed by atoms with van der Waals surface area (Å²) in [5.41, 5.74) is 0. The van der Waals surface area contributed by atoms with Crippen molar-refractivity contribution in [2.75, 3.05) is 13.2 Å². The fourth-order valence-corrected chi connectivity index (χ4v) is 9.23. The number of allylic oxidation sites excluding steroid dienone is 18. The van der Waals surface area contributed by atoms with Gasteiger partial charge in [-0.15, -0.1) is 0 Å². The molecule has 0 aliphatic heterocycles. The summed E-state index contributed by atoms with van der Waals surface area (Å²) in [5.74, 6) is -0.966. The summed E-state index contributed by atoms with van der Waals surface area (Å²) in [6.07, 6.45) is 91.2. The first-order valence-electron chi connectivity index (χ1n) is 33.4. The molecule has 1 atom stereocenters. The van der Waals surface area contributed by atoms with Crippen LogP contribution in [0.3, 0.4) is 0 Å². The maximum atomic E-state index is 12.9. The average molecular weight is 1100 g/mol. The Morgan fingerprint density at radius 1 is 0.266 bits per heavy atom. The predicted molar refractivity (Wildman–Crippen MR) is 343 cm³/mol. The van der Waals surface area contributed by atoms with Crippen molar-refractivity contribution in [2.24, 2.45) is 0 Å². The Hall–Kier alpha value is -3.93. The van der Waals surface area contributed by atoms with Crippen molar-refractivity contribution in [3.63, 3.8) is 0 Å². The van der Waals surface area contributed by atoms with Crippen LogP contribution in [0.4, 0.5) is 0 Å². The maximum absolute atomic E-state index is 12.9. The molecule has 6 nitrogen and oxygen atoms in total. The van der Waals surface area contributed by atoms with Gasteiger partial charge in [0.1, 0.15) is 13.2 Å². The van der Waals surface area contributed by atoms with E-state index in [0.29, 0.717) is 19.3 Å². The minimum Gasteiger partial charge on any atom is -0.462 e. The summed E-state index contributed by atoms with van der Waals surface area (Å²) in [7, 11) is 0. The smallest absolute Gasteiger partial charge is 0.306 e. The number of esters is 3. The van der Waals surface area contributed by atoms with Crippen LogP contribution < -0.4 is 0 Å². The average Bonchev–Trinajstić information content (AvgIpc) is 3.45. The van der Waals surface area contributed by atoms with Crippen LogP contribution in [0, 0.1) is 0 Å². The highest BCUT2D eigenvalue weighted by Gasteiger charge is 2.19. The molecule has 0 bridgehead atoms. The molecule has 0 fully saturated rings. The Labute approximate surface area is 489 Å². The van der Waals surface area contributed by atoms with Crippen LogP contribution in [-0.4, -0.2) is 37.2 Å². The van der Waals surface area contributed by atoms with E-state index in [0.717, 1.165) is 103 Å². The van der Waals surface area contributed by atoms with Crippen molar-refractivity contribution in [1.29, 1.82) is 0 Å². The van der Waals surface area contributed by atoms with E-state index in [1.807, 2.05) is 0 Å². The van der Waals surface area contributed by atoms with Gasteiger partial charge in [-0.25, -0.2) is 0 Å². The first-order chi connectivity index (χ1) is 39.0. The fourth-order valence-electron chi connectivity index (χ4n) is 9.23. The van der Waals surface area contributed by atoms with Gasteiger partial charge in [0.15, 0.2) is 6.10 Å². The van der Waals surface area contributed by atoms with Gasteiger partial charge in [-0.3, -0.25) is 14.4 Å². The minimum atomic E-state index is -0.814. The summed E-state index contributed by atoms with van der Waals surface area (Å²) >= 11 is 0. The monoisotopic (exact) mass is 1100 g/mol. The van der Waals surface area contributed by atoms with E-state index >= 15 is 0 Å². The second-order valence-corrected chi connectivity index (χ2v) is 22.0. The zero-order valence-corrected chi connectivity index (χ0v) is 51.9. The molecule has 452 valence electrons. The molecule has 0 saturated heterocycles. The Bertz CT molecular complexity index is 1590. The van der Waals surface area contributed by atoms with Crippen molar-refractivity contribution in [1.82, 2.24) is 0 Å². The van der Waals surface area contributed by atoms with E-state index in [9.17, 15) is 14.4 Å². The molecule has 6 heteroatoms. The van der Waals surface area contributed by atoms with E-state index < -0.39 is 6.10 Å². The van der Waals surface area contributed by atoms with Gasteiger partial charge in [-0.2, -0.15) is 0 Å². The van der Waals surface area contributed by atoms with Gasteiger partial charge in [-0.1, -0.05) is 291 Å². The summed E-state index contributed by atoms with van der Waals surface area (Å²) in [4.78, 5) is 38.3. The molecule has 0 aromatic carbocycles. The molecule has 0 amide bonds. The molecule has 0 saturated carbocycles. The predicted octanol–water partition coefficient (Wildman–Crippen LogP) is 23.0. The molecule has 79 heavy (non-hydrogen) atoms. The Morgan fingerprint density at radius 2 is 0.519 bits per heavy atom. The molecule has 0 N–H and O–H groups in total. The first kappa shape index (κ1) is 75.1. The molecular formula is C73H124O6. The molecular weight excluding hydrogens is 973 g/mol. The summed E-state index contributed by atoms with van der Waals surface area (Å²) in [5, 5.41) is 0. The number of unbranched alkanes of at least 4 members (excludes halogenated alkanes) is 31. The molecule has 0 heterocycles. The number of carbonyl (C=O) groups excluding carboxylic acids is 3. The third-order valence-electron chi connectivity index (χ3n) is 14.2. The molecule has 0 radical (unpaired) electrons. The largest absolute Gasteiger partial charge is 0.462 e. The van der Waals surface area contributed by atoms with Crippen LogP contribution in [0.2, 0.25) is 0 Å². The summed E-state index contributed by atoms with van der Waals surface area (Å²) < 4.78 is 16.9. The number of carbonyl (C=O) groups is 3. The topological polar surface area (TPSA) is 78.9 Å². The van der Waals surface area contributed by atoms with Crippen molar-refractivity contribution in [3.05, 3.63) is 109 Å². The molecule has 0 aromatic rings. The van der Waals surface area contributed by atoms with Gasteiger partial charge in [0.05, 0.1) is 0 Å². The molecule has 0 spiro atoms. The van der Waals surface area contributed by atoms with Crippen molar-refractivity contribution in [2.45, 2.75) is 322 Å². The molecule has 0 aliphatic carbocycles. The van der Waals surface area contributed by atoms with Gasteiger partial charge in [0.25, 0.3) is 0 Å². The van der Waals surface area contributed by atoms with Crippen molar-refractivity contribution >= 4 is 17.9 Å². The molecule has 1 unspecified atom stereocenters. The second-order valence-electron chi connectivity index (χ2n) is 22.0. The van der Waals surface area contributed by atoms with E-state index in [1.54, 1.807) is 0 Å². The van der Waals surface area contributed by atoms with Crippen molar-refractivity contribution in [3.8, 4) is 0 Å². The van der Waals surface area contributed by atoms with E-state index in [1.165, 1.54) is 167 Å². The summed E-state index contributed by atoms with van der Waals surface area (Å²) in [6.45, 7) is 6.46. The zero-order chi connectivity index (χ0) is 57.1. The van der Waals surface area contributed by atoms with Crippen LogP contribution >= 0.6 is 0 Å². The van der Waals surface area contributed by atoms with E-state index in [2.05, 4.69) is 130 Å². The van der Waals surface area contributed by atoms with Crippen LogP contribution in [-0.2, 0) is 28.6 Å². The van der Waals surface area contributed by atoms with Gasteiger partial charge in [0, 0.05) is 19.3 Å². The van der Waals surface area contributed by atoms with Gasteiger partial charge in [0.2, 0.25) is 0 Å². The lowest BCUT2D eigenvalue weighted by atomic mass is 10.0. The lowest BCUT2D eigenvalue weighted by Crippen LogP contribution is -2.30. The van der Waals surface area contributed by atoms with Gasteiger partial charge < -0.3 is 14.2 Å². The number of hydrogen-bond acceptors (Lipinski definition) is 6. The second kappa shape index (κ2) is 66.6. The van der Waals surface area contributed by atoms with Crippen LogP contribution in [0.15, 0.2) is 109 Å². The summed E-state index contributed by atoms with van der Waals surface area (Å²) in [6, 6.07) is 0. The molecule has 0 aliphatic rings. The maximum Gasteiger partial charge on any atom is 0.306 e. The Kier molecular flexibility index (Phi) is 63.3. The number of rotatable bonds is 60. The highest BCUT2D eigenvalue weighted by molar-refractivity contribution is 5.71. The lowest BCUT2D eigenvalue weighted by molar-refractivity contribution is -0.167. The van der Waals surface area contributed by atoms with Gasteiger partial charge in [-0.05, 0) is 116 Å². The quantitative estimate of drug-likeness (QED) is 0.0261. The normalized spacial score (nSPS) is 12.8. The minimum absolute atomic E-state index is 0.103.